The first-order valence-corrected chi connectivity index (χ1v) is 35.5. The second-order valence-corrected chi connectivity index (χ2v) is 26.9. The number of fused-ring (bicyclic) bond motifs is 6. The molecule has 2 unspecified atom stereocenters. The summed E-state index contributed by atoms with van der Waals surface area (Å²) in [5.41, 5.74) is 1.59. The highest BCUT2D eigenvalue weighted by Crippen LogP contribution is 2.44. The summed E-state index contributed by atoms with van der Waals surface area (Å²) in [7, 11) is 5.69. The molecule has 6 bridgehead atoms. The third kappa shape index (κ3) is 22.7. The SMILES string of the molecule is COC(=O)[C@H]1[C@@H]2C[C@@H](O[C@@H]3O[C@H](C)[C@@H](OC(=O)c4ccc([N+](=O)[O-])cc4)[C@H](NC(=O)Cc4ccccc4)[C@@H]3O)/C=C/C=C/C=C/C=C/C=C/C=C/C=C/[C@H](C)[C@@H](O)[C@@H](C)[C@H](C)OC(=O)C[C@H]3C[C@@H](CC[C@@H](O)[C@H]4C[C@@H](C[C@](OC)(C[C@@H]1O)O2)OC(c1ccc(OC)cc1)O4)OC(c1ccc(OC)cc1)O3. The van der Waals surface area contributed by atoms with Crippen LogP contribution in [0.3, 0.4) is 0 Å². The van der Waals surface area contributed by atoms with Crippen molar-refractivity contribution in [1.29, 1.82) is 0 Å². The summed E-state index contributed by atoms with van der Waals surface area (Å²) in [6, 6.07) is 26.4. The van der Waals surface area contributed by atoms with Gasteiger partial charge in [0.1, 0.15) is 29.6 Å². The van der Waals surface area contributed by atoms with E-state index in [1.54, 1.807) is 131 Å². The van der Waals surface area contributed by atoms with Gasteiger partial charge in [-0.3, -0.25) is 24.5 Å². The van der Waals surface area contributed by atoms with Crippen molar-refractivity contribution in [2.24, 2.45) is 17.8 Å². The number of allylic oxidation sites excluding steroid dienone is 12. The zero-order chi connectivity index (χ0) is 75.2. The summed E-state index contributed by atoms with van der Waals surface area (Å²) >= 11 is 0. The van der Waals surface area contributed by atoms with Gasteiger partial charge in [-0.15, -0.1) is 0 Å². The highest BCUT2D eigenvalue weighted by molar-refractivity contribution is 5.90. The molecule has 4 aromatic rings. The Kier molecular flexibility index (Phi) is 30.1. The van der Waals surface area contributed by atoms with Crippen LogP contribution in [-0.2, 0) is 72.9 Å². The molecule has 0 aliphatic carbocycles. The Labute approximate surface area is 612 Å². The van der Waals surface area contributed by atoms with Crippen molar-refractivity contribution >= 4 is 29.5 Å². The number of cyclic esters (lactones) is 1. The van der Waals surface area contributed by atoms with Crippen LogP contribution in [0, 0.1) is 27.9 Å². The van der Waals surface area contributed by atoms with E-state index in [1.807, 2.05) is 74.6 Å². The molecule has 25 nitrogen and oxygen atoms in total. The maximum Gasteiger partial charge on any atom is 0.338 e. The molecule has 9 rings (SSSR count). The summed E-state index contributed by atoms with van der Waals surface area (Å²) in [6.07, 6.45) is 7.63. The standard InChI is InChI=1S/C80H98N2O23/c1-49-24-20-17-15-13-11-9-10-12-14-16-18-23-27-60(100-79-73(88)71(81-68(85)42-53-25-21-19-22-26-53)74(52(4)98-79)104-75(89)54-28-34-57(35-29-54)82(91)92)44-67-70(76(90)95-7)65(84)48-80(96-8,105-67)47-63-45-66(103-78(102-63)56-32-38-59(94-6)39-33-56)64(83)41-40-61-43-62(46-69(86)97-51(3)50(2)72(49)87)101-77(99-61)55-30-36-58(93-5)37-31-55/h9-39,49-52,60-67,70-74,77-79,83-84,87-88H,40-48H2,1-8H3,(H,81,85)/b10-9+,13-11+,14-12+,17-15+,18-16+,24-20+,27-23+/t49-,50-,51-,52+,60-,61+,62+,63-,64+,65-,66+,67-,70+,71+,72+,73-,74+,77?,78?,79-,80+/m0/s1. The number of nitrogens with one attached hydrogen (secondary N) is 1. The number of carbonyl (C=O) groups excluding carboxylic acids is 4. The number of esters is 3. The molecule has 0 spiro atoms. The van der Waals surface area contributed by atoms with Gasteiger partial charge < -0.3 is 87.3 Å². The number of carbonyl (C=O) groups is 4. The van der Waals surface area contributed by atoms with Crippen molar-refractivity contribution in [3.63, 3.8) is 0 Å². The number of aliphatic hydroxyl groups excluding tert-OH is 4. The quantitative estimate of drug-likeness (QED) is 0.0339. The molecule has 5 aliphatic heterocycles. The lowest BCUT2D eigenvalue weighted by Crippen LogP contribution is -2.65. The van der Waals surface area contributed by atoms with Crippen molar-refractivity contribution < 1.29 is 106 Å². The fraction of sp³-hybridized carbons (Fsp3) is 0.475. The normalized spacial score (nSPS) is 34.7. The zero-order valence-electron chi connectivity index (χ0n) is 60.3. The number of nitro groups is 1. The number of aliphatic hydroxyl groups is 4. The topological polar surface area (TPSA) is 324 Å². The number of non-ortho nitro benzene ring substituents is 1. The lowest BCUT2D eigenvalue weighted by atomic mass is 9.82. The molecule has 5 aliphatic rings. The number of hydrogen-bond donors (Lipinski definition) is 5. The Hall–Kier alpha value is -8.54. The van der Waals surface area contributed by atoms with Crippen molar-refractivity contribution in [3.05, 3.63) is 221 Å². The first-order chi connectivity index (χ1) is 50.6. The van der Waals surface area contributed by atoms with E-state index in [-0.39, 0.29) is 75.0 Å². The monoisotopic (exact) mass is 1450 g/mol. The summed E-state index contributed by atoms with van der Waals surface area (Å²) in [5, 5.41) is 63.0. The summed E-state index contributed by atoms with van der Waals surface area (Å²) < 4.78 is 81.2. The Balaban J connectivity index is 1.04. The molecular formula is C80H98N2O23. The average molecular weight is 1460 g/mol. The number of benzene rings is 4. The van der Waals surface area contributed by atoms with Gasteiger partial charge in [-0.2, -0.15) is 0 Å². The fourth-order valence-electron chi connectivity index (χ4n) is 13.5. The molecule has 4 saturated heterocycles. The summed E-state index contributed by atoms with van der Waals surface area (Å²) in [5.74, 6) is -5.43. The zero-order valence-corrected chi connectivity index (χ0v) is 60.3. The molecule has 4 fully saturated rings. The number of nitro benzene ring substituents is 1. The second kappa shape index (κ2) is 39.2. The van der Waals surface area contributed by atoms with E-state index in [0.717, 1.165) is 12.1 Å². The molecule has 21 atom stereocenters. The van der Waals surface area contributed by atoms with Crippen LogP contribution < -0.4 is 14.8 Å². The predicted molar refractivity (Wildman–Crippen MR) is 383 cm³/mol. The first kappa shape index (κ1) is 80.6. The van der Waals surface area contributed by atoms with Crippen LogP contribution in [0.5, 0.6) is 11.5 Å². The highest BCUT2D eigenvalue weighted by atomic mass is 16.7. The van der Waals surface area contributed by atoms with E-state index in [9.17, 15) is 49.7 Å². The van der Waals surface area contributed by atoms with Gasteiger partial charge in [0.15, 0.2) is 30.8 Å². The molecule has 105 heavy (non-hydrogen) atoms. The van der Waals surface area contributed by atoms with E-state index in [1.165, 1.54) is 26.4 Å². The molecule has 5 N–H and O–H groups in total. The molecule has 4 aromatic carbocycles. The van der Waals surface area contributed by atoms with Gasteiger partial charge in [-0.05, 0) is 68.7 Å². The van der Waals surface area contributed by atoms with Gasteiger partial charge in [-0.1, -0.05) is 154 Å². The third-order valence-electron chi connectivity index (χ3n) is 19.5. The van der Waals surface area contributed by atoms with Crippen LogP contribution in [0.1, 0.15) is 119 Å². The highest BCUT2D eigenvalue weighted by Gasteiger charge is 2.54. The van der Waals surface area contributed by atoms with E-state index >= 15 is 0 Å². The van der Waals surface area contributed by atoms with Crippen LogP contribution in [0.4, 0.5) is 5.69 Å². The molecular weight excluding hydrogens is 1360 g/mol. The smallest absolute Gasteiger partial charge is 0.338 e. The van der Waals surface area contributed by atoms with E-state index in [0.29, 0.717) is 28.2 Å². The number of hydrogen-bond acceptors (Lipinski definition) is 23. The van der Waals surface area contributed by atoms with Gasteiger partial charge >= 0.3 is 17.9 Å². The summed E-state index contributed by atoms with van der Waals surface area (Å²) in [4.78, 5) is 66.6. The van der Waals surface area contributed by atoms with Crippen LogP contribution >= 0.6 is 0 Å². The largest absolute Gasteiger partial charge is 0.497 e. The summed E-state index contributed by atoms with van der Waals surface area (Å²) in [6.45, 7) is 7.04. The number of amides is 1. The minimum absolute atomic E-state index is 0.0516. The van der Waals surface area contributed by atoms with Gasteiger partial charge in [-0.25, -0.2) is 4.79 Å². The van der Waals surface area contributed by atoms with Crippen molar-refractivity contribution in [1.82, 2.24) is 5.32 Å². The van der Waals surface area contributed by atoms with E-state index < -0.39 is 151 Å². The molecule has 0 radical (unpaired) electrons. The van der Waals surface area contributed by atoms with Gasteiger partial charge in [0.05, 0.1) is 112 Å². The van der Waals surface area contributed by atoms with E-state index in [2.05, 4.69) is 5.32 Å². The number of nitrogens with zero attached hydrogens (tertiary/aromatic N) is 1. The van der Waals surface area contributed by atoms with Crippen LogP contribution in [0.2, 0.25) is 0 Å². The van der Waals surface area contributed by atoms with Crippen molar-refractivity contribution in [3.8, 4) is 11.5 Å². The molecule has 5 heterocycles. The minimum atomic E-state index is -1.77. The van der Waals surface area contributed by atoms with Gasteiger partial charge in [0, 0.05) is 74.3 Å². The fourth-order valence-corrected chi connectivity index (χ4v) is 13.5. The Morgan fingerprint density at radius 2 is 1.19 bits per heavy atom. The minimum Gasteiger partial charge on any atom is -0.497 e. The average Bonchev–Trinajstić information content (AvgIpc) is 0.773. The molecule has 25 heteroatoms. The van der Waals surface area contributed by atoms with Crippen molar-refractivity contribution in [2.45, 2.75) is 196 Å². The molecule has 0 saturated carbocycles. The lowest BCUT2D eigenvalue weighted by molar-refractivity contribution is -0.384. The van der Waals surface area contributed by atoms with Crippen LogP contribution in [0.15, 0.2) is 188 Å². The van der Waals surface area contributed by atoms with Gasteiger partial charge in [0.2, 0.25) is 5.91 Å². The van der Waals surface area contributed by atoms with Crippen LogP contribution in [0.25, 0.3) is 0 Å². The Morgan fingerprint density at radius 3 is 1.78 bits per heavy atom. The predicted octanol–water partition coefficient (Wildman–Crippen LogP) is 10.2. The maximum absolute atomic E-state index is 14.1. The van der Waals surface area contributed by atoms with Crippen molar-refractivity contribution in [2.75, 3.05) is 28.4 Å². The molecule has 1 amide bonds. The molecule has 566 valence electrons. The Bertz CT molecular complexity index is 3670. The van der Waals surface area contributed by atoms with Crippen LogP contribution in [-0.4, -0.2) is 175 Å². The van der Waals surface area contributed by atoms with E-state index in [4.69, 9.17) is 61.6 Å². The Morgan fingerprint density at radius 1 is 0.610 bits per heavy atom. The first-order valence-electron chi connectivity index (χ1n) is 35.5. The second-order valence-electron chi connectivity index (χ2n) is 26.9. The lowest BCUT2D eigenvalue weighted by Gasteiger charge is -2.48. The maximum atomic E-state index is 14.1. The number of methoxy groups -OCH3 is 4. The third-order valence-corrected chi connectivity index (χ3v) is 19.5. The number of ether oxygens (including phenoxy) is 13. The van der Waals surface area contributed by atoms with Gasteiger partial charge in [0.25, 0.3) is 5.69 Å². The molecule has 0 aromatic heterocycles. The number of rotatable bonds is 14.